The van der Waals surface area contributed by atoms with Crippen LogP contribution in [0.2, 0.25) is 0 Å². The molecule has 2 N–H and O–H groups in total. The average Bonchev–Trinajstić information content (AvgIpc) is 2.62. The monoisotopic (exact) mass is 266 g/mol. The molecule has 2 aliphatic rings. The van der Waals surface area contributed by atoms with Crippen LogP contribution in [0, 0.1) is 11.8 Å². The van der Waals surface area contributed by atoms with E-state index in [1.54, 1.807) is 0 Å². The topological polar surface area (TPSA) is 66.8 Å². The lowest BCUT2D eigenvalue weighted by atomic mass is 9.73. The molecule has 4 atom stereocenters. The molecule has 0 aromatic heterocycles. The van der Waals surface area contributed by atoms with Crippen molar-refractivity contribution in [3.05, 3.63) is 23.3 Å². The number of hydrogen-bond acceptors (Lipinski definition) is 4. The Kier molecular flexibility index (Phi) is 4.11. The minimum atomic E-state index is -0.689. The van der Waals surface area contributed by atoms with Gasteiger partial charge in [0.2, 0.25) is 0 Å². The molecule has 0 unspecified atom stereocenters. The van der Waals surface area contributed by atoms with Gasteiger partial charge in [-0.2, -0.15) is 0 Å². The van der Waals surface area contributed by atoms with E-state index < -0.39 is 6.10 Å². The van der Waals surface area contributed by atoms with Gasteiger partial charge in [0.05, 0.1) is 12.0 Å². The molecule has 0 bridgehead atoms. The fourth-order valence-corrected chi connectivity index (χ4v) is 3.34. The van der Waals surface area contributed by atoms with E-state index in [9.17, 15) is 9.90 Å². The van der Waals surface area contributed by atoms with Crippen LogP contribution < -0.4 is 0 Å². The Morgan fingerprint density at radius 3 is 2.84 bits per heavy atom. The van der Waals surface area contributed by atoms with Gasteiger partial charge < -0.3 is 14.9 Å². The van der Waals surface area contributed by atoms with Crippen molar-refractivity contribution < 1.29 is 19.7 Å². The van der Waals surface area contributed by atoms with Gasteiger partial charge in [-0.3, -0.25) is 0 Å². The van der Waals surface area contributed by atoms with E-state index >= 15 is 0 Å². The quantitative estimate of drug-likeness (QED) is 0.460. The van der Waals surface area contributed by atoms with Gasteiger partial charge in [-0.25, -0.2) is 4.79 Å². The van der Waals surface area contributed by atoms with E-state index in [2.05, 4.69) is 13.5 Å². The molecule has 4 heteroatoms. The molecular formula is C15H22O4. The summed E-state index contributed by atoms with van der Waals surface area (Å²) in [6.45, 7) is 7.95. The number of carbonyl (C=O) groups excluding carboxylic acids is 1. The smallest absolute Gasteiger partial charge is 0.334 e. The van der Waals surface area contributed by atoms with Crippen molar-refractivity contribution >= 4 is 5.97 Å². The van der Waals surface area contributed by atoms with Crippen LogP contribution in [-0.4, -0.2) is 35.0 Å². The minimum absolute atomic E-state index is 0.160. The molecule has 106 valence electrons. The molecule has 2 rings (SSSR count). The zero-order valence-electron chi connectivity index (χ0n) is 11.6. The average molecular weight is 266 g/mol. The Labute approximate surface area is 113 Å². The van der Waals surface area contributed by atoms with Crippen LogP contribution in [0.15, 0.2) is 23.3 Å². The molecule has 0 amide bonds. The summed E-state index contributed by atoms with van der Waals surface area (Å²) in [6.07, 6.45) is 1.27. The maximum atomic E-state index is 11.6. The molecule has 4 nitrogen and oxygen atoms in total. The highest BCUT2D eigenvalue weighted by Crippen LogP contribution is 2.43. The third-order valence-electron chi connectivity index (χ3n) is 4.31. The predicted molar refractivity (Wildman–Crippen MR) is 71.3 cm³/mol. The first-order chi connectivity index (χ1) is 8.97. The Morgan fingerprint density at radius 1 is 1.53 bits per heavy atom. The molecule has 1 heterocycles. The van der Waals surface area contributed by atoms with Crippen molar-refractivity contribution in [2.24, 2.45) is 11.8 Å². The summed E-state index contributed by atoms with van der Waals surface area (Å²) in [5, 5.41) is 19.5. The van der Waals surface area contributed by atoms with E-state index in [1.807, 2.05) is 6.92 Å². The number of carbonyl (C=O) groups is 1. The standard InChI is InChI=1S/C15H22O4/c1-8(5-4-6-16)12-9(2)7-11-13(14(12)17)10(3)15(18)19-11/h8,11,13-14,16-17H,3-7H2,1-2H3/t8-,11+,13-,14+/m0/s1. The van der Waals surface area contributed by atoms with Crippen LogP contribution in [0.25, 0.3) is 0 Å². The van der Waals surface area contributed by atoms with Crippen LogP contribution in [0.1, 0.15) is 33.1 Å². The molecule has 19 heavy (non-hydrogen) atoms. The molecular weight excluding hydrogens is 244 g/mol. The highest BCUT2D eigenvalue weighted by Gasteiger charge is 2.47. The predicted octanol–water partition coefficient (Wildman–Crippen LogP) is 1.57. The van der Waals surface area contributed by atoms with Gasteiger partial charge in [0, 0.05) is 18.6 Å². The molecule has 0 spiro atoms. The molecule has 0 saturated carbocycles. The van der Waals surface area contributed by atoms with Crippen molar-refractivity contribution in [1.29, 1.82) is 0 Å². The van der Waals surface area contributed by atoms with Crippen molar-refractivity contribution in [2.45, 2.75) is 45.3 Å². The van der Waals surface area contributed by atoms with Crippen molar-refractivity contribution in [2.75, 3.05) is 6.61 Å². The van der Waals surface area contributed by atoms with Gasteiger partial charge in [0.15, 0.2) is 0 Å². The molecule has 0 aromatic rings. The van der Waals surface area contributed by atoms with E-state index in [1.165, 1.54) is 0 Å². The molecule has 0 radical (unpaired) electrons. The lowest BCUT2D eigenvalue weighted by Gasteiger charge is -2.35. The molecule has 1 fully saturated rings. The van der Waals surface area contributed by atoms with Crippen LogP contribution in [0.5, 0.6) is 0 Å². The summed E-state index contributed by atoms with van der Waals surface area (Å²) in [6, 6.07) is 0. The molecule has 0 aromatic carbocycles. The number of aliphatic hydroxyl groups is 2. The number of fused-ring (bicyclic) bond motifs is 1. The Hall–Kier alpha value is -1.13. The third kappa shape index (κ3) is 2.47. The summed E-state index contributed by atoms with van der Waals surface area (Å²) in [7, 11) is 0. The van der Waals surface area contributed by atoms with E-state index in [-0.39, 0.29) is 30.5 Å². The van der Waals surface area contributed by atoms with Gasteiger partial charge in [0.25, 0.3) is 0 Å². The summed E-state index contributed by atoms with van der Waals surface area (Å²) in [5.74, 6) is -0.486. The van der Waals surface area contributed by atoms with Crippen LogP contribution in [-0.2, 0) is 9.53 Å². The lowest BCUT2D eigenvalue weighted by molar-refractivity contribution is -0.139. The van der Waals surface area contributed by atoms with Crippen LogP contribution >= 0.6 is 0 Å². The third-order valence-corrected chi connectivity index (χ3v) is 4.31. The van der Waals surface area contributed by atoms with Gasteiger partial charge in [-0.1, -0.05) is 19.1 Å². The van der Waals surface area contributed by atoms with Crippen molar-refractivity contribution in [3.63, 3.8) is 0 Å². The van der Waals surface area contributed by atoms with Gasteiger partial charge in [-0.15, -0.1) is 0 Å². The summed E-state index contributed by atoms with van der Waals surface area (Å²) in [4.78, 5) is 11.6. The van der Waals surface area contributed by atoms with Crippen LogP contribution in [0.4, 0.5) is 0 Å². The van der Waals surface area contributed by atoms with Crippen molar-refractivity contribution in [1.82, 2.24) is 0 Å². The molecule has 1 aliphatic heterocycles. The van der Waals surface area contributed by atoms with E-state index in [4.69, 9.17) is 9.84 Å². The normalized spacial score (nSPS) is 32.3. The highest BCUT2D eigenvalue weighted by molar-refractivity contribution is 5.91. The Balaban J connectivity index is 2.22. The maximum Gasteiger partial charge on any atom is 0.334 e. The lowest BCUT2D eigenvalue weighted by Crippen LogP contribution is -2.37. The van der Waals surface area contributed by atoms with Gasteiger partial charge in [0.1, 0.15) is 6.10 Å². The van der Waals surface area contributed by atoms with E-state index in [0.29, 0.717) is 12.0 Å². The fourth-order valence-electron chi connectivity index (χ4n) is 3.34. The molecule has 1 saturated heterocycles. The van der Waals surface area contributed by atoms with Crippen molar-refractivity contribution in [3.8, 4) is 0 Å². The highest BCUT2D eigenvalue weighted by atomic mass is 16.6. The number of aliphatic hydroxyl groups excluding tert-OH is 2. The van der Waals surface area contributed by atoms with Gasteiger partial charge in [-0.05, 0) is 31.3 Å². The minimum Gasteiger partial charge on any atom is -0.458 e. The zero-order valence-corrected chi connectivity index (χ0v) is 11.6. The number of rotatable bonds is 4. The summed E-state index contributed by atoms with van der Waals surface area (Å²) < 4.78 is 5.25. The SMILES string of the molecule is C=C1C(=O)O[C@@H]2CC(C)=C([C@@H](C)CCCO)[C@@H](O)[C@@H]12. The second-order valence-corrected chi connectivity index (χ2v) is 5.65. The first-order valence-corrected chi connectivity index (χ1v) is 6.85. The Bertz CT molecular complexity index is 424. The second-order valence-electron chi connectivity index (χ2n) is 5.65. The van der Waals surface area contributed by atoms with E-state index in [0.717, 1.165) is 24.0 Å². The largest absolute Gasteiger partial charge is 0.458 e. The van der Waals surface area contributed by atoms with Gasteiger partial charge >= 0.3 is 5.97 Å². The summed E-state index contributed by atoms with van der Waals surface area (Å²) >= 11 is 0. The summed E-state index contributed by atoms with van der Waals surface area (Å²) in [5.41, 5.74) is 2.48. The zero-order chi connectivity index (χ0) is 14.2. The van der Waals surface area contributed by atoms with Crippen LogP contribution in [0.3, 0.4) is 0 Å². The first kappa shape index (κ1) is 14.3. The number of hydrogen-bond donors (Lipinski definition) is 2. The molecule has 1 aliphatic carbocycles. The fraction of sp³-hybridized carbons (Fsp3) is 0.667. The second kappa shape index (κ2) is 5.47. The number of ether oxygens (including phenoxy) is 1. The number of esters is 1. The maximum absolute atomic E-state index is 11.6. The Morgan fingerprint density at radius 2 is 2.21 bits per heavy atom. The first-order valence-electron chi connectivity index (χ1n) is 6.85.